The lowest BCUT2D eigenvalue weighted by Crippen LogP contribution is -2.62. The Hall–Kier alpha value is -0.610. The van der Waals surface area contributed by atoms with E-state index in [9.17, 15) is 4.79 Å². The predicted molar refractivity (Wildman–Crippen MR) is 55.1 cm³/mol. The molecule has 0 radical (unpaired) electrons. The van der Waals surface area contributed by atoms with Gasteiger partial charge in [0.1, 0.15) is 0 Å². The Morgan fingerprint density at radius 3 is 2.14 bits per heavy atom. The number of amides is 1. The predicted octanol–water partition coefficient (Wildman–Crippen LogP) is -0.535. The van der Waals surface area contributed by atoms with Crippen molar-refractivity contribution in [3.05, 3.63) is 0 Å². The molecule has 1 amide bonds. The Kier molecular flexibility index (Phi) is 2.74. The molecular weight excluding hydrogens is 178 g/mol. The zero-order chi connectivity index (χ0) is 10.1. The van der Waals surface area contributed by atoms with Gasteiger partial charge in [0, 0.05) is 52.2 Å². The standard InChI is InChI=1S/C10H19N3O/c1-9(14)12-3-5-13(6-4-12)10-7-11(2)8-10/h10H,3-8H2,1-2H3. The molecule has 2 rings (SSSR count). The molecule has 2 aliphatic heterocycles. The summed E-state index contributed by atoms with van der Waals surface area (Å²) in [5.41, 5.74) is 0. The van der Waals surface area contributed by atoms with Crippen LogP contribution in [-0.4, -0.2) is 73.0 Å². The Labute approximate surface area is 85.5 Å². The van der Waals surface area contributed by atoms with E-state index in [0.29, 0.717) is 0 Å². The van der Waals surface area contributed by atoms with Gasteiger partial charge in [0.05, 0.1) is 0 Å². The van der Waals surface area contributed by atoms with Crippen LogP contribution in [0, 0.1) is 0 Å². The molecule has 0 bridgehead atoms. The van der Waals surface area contributed by atoms with Gasteiger partial charge in [-0.2, -0.15) is 0 Å². The van der Waals surface area contributed by atoms with Gasteiger partial charge in [-0.3, -0.25) is 9.69 Å². The third kappa shape index (κ3) is 1.91. The maximum absolute atomic E-state index is 11.1. The van der Waals surface area contributed by atoms with Crippen molar-refractivity contribution in [3.8, 4) is 0 Å². The van der Waals surface area contributed by atoms with Crippen molar-refractivity contribution in [2.45, 2.75) is 13.0 Å². The van der Waals surface area contributed by atoms with E-state index >= 15 is 0 Å². The van der Waals surface area contributed by atoms with Crippen LogP contribution in [-0.2, 0) is 4.79 Å². The van der Waals surface area contributed by atoms with Gasteiger partial charge < -0.3 is 9.80 Å². The molecule has 80 valence electrons. The maximum atomic E-state index is 11.1. The van der Waals surface area contributed by atoms with Crippen LogP contribution in [0.15, 0.2) is 0 Å². The molecule has 4 heteroatoms. The maximum Gasteiger partial charge on any atom is 0.219 e. The number of carbonyl (C=O) groups is 1. The van der Waals surface area contributed by atoms with Gasteiger partial charge in [-0.1, -0.05) is 0 Å². The highest BCUT2D eigenvalue weighted by Gasteiger charge is 2.31. The number of hydrogen-bond donors (Lipinski definition) is 0. The average Bonchev–Trinajstić information content (AvgIpc) is 2.13. The Morgan fingerprint density at radius 1 is 1.14 bits per heavy atom. The Balaban J connectivity index is 1.76. The molecule has 2 fully saturated rings. The van der Waals surface area contributed by atoms with Gasteiger partial charge in [0.15, 0.2) is 0 Å². The lowest BCUT2D eigenvalue weighted by molar-refractivity contribution is -0.131. The molecule has 0 N–H and O–H groups in total. The van der Waals surface area contributed by atoms with Crippen molar-refractivity contribution in [3.63, 3.8) is 0 Å². The smallest absolute Gasteiger partial charge is 0.219 e. The summed E-state index contributed by atoms with van der Waals surface area (Å²) in [6, 6.07) is 0.745. The summed E-state index contributed by atoms with van der Waals surface area (Å²) in [5, 5.41) is 0. The Morgan fingerprint density at radius 2 is 1.71 bits per heavy atom. The molecule has 0 atom stereocenters. The summed E-state index contributed by atoms with van der Waals surface area (Å²) < 4.78 is 0. The van der Waals surface area contributed by atoms with Crippen molar-refractivity contribution in [2.24, 2.45) is 0 Å². The van der Waals surface area contributed by atoms with E-state index in [1.54, 1.807) is 6.92 Å². The summed E-state index contributed by atoms with van der Waals surface area (Å²) in [6.07, 6.45) is 0. The highest BCUT2D eigenvalue weighted by Crippen LogP contribution is 2.14. The Bertz CT molecular complexity index is 217. The van der Waals surface area contributed by atoms with Gasteiger partial charge in [0.2, 0.25) is 5.91 Å². The number of piperazine rings is 1. The van der Waals surface area contributed by atoms with Crippen molar-refractivity contribution < 1.29 is 4.79 Å². The van der Waals surface area contributed by atoms with Gasteiger partial charge in [0.25, 0.3) is 0 Å². The van der Waals surface area contributed by atoms with Crippen molar-refractivity contribution in [1.82, 2.24) is 14.7 Å². The van der Waals surface area contributed by atoms with Crippen molar-refractivity contribution in [2.75, 3.05) is 46.3 Å². The second-order valence-corrected chi connectivity index (χ2v) is 4.42. The number of carbonyl (C=O) groups excluding carboxylic acids is 1. The van der Waals surface area contributed by atoms with E-state index in [-0.39, 0.29) is 5.91 Å². The summed E-state index contributed by atoms with van der Waals surface area (Å²) >= 11 is 0. The molecule has 0 aromatic rings. The quantitative estimate of drug-likeness (QED) is 0.565. The zero-order valence-corrected chi connectivity index (χ0v) is 9.07. The second-order valence-electron chi connectivity index (χ2n) is 4.42. The minimum atomic E-state index is 0.218. The van der Waals surface area contributed by atoms with Crippen LogP contribution in [0.4, 0.5) is 0 Å². The molecule has 0 aromatic heterocycles. The number of likely N-dealkylation sites (N-methyl/N-ethyl adjacent to an activating group) is 1. The molecule has 0 aliphatic carbocycles. The lowest BCUT2D eigenvalue weighted by atomic mass is 10.1. The fourth-order valence-electron chi connectivity index (χ4n) is 2.30. The fourth-order valence-corrected chi connectivity index (χ4v) is 2.30. The average molecular weight is 197 g/mol. The van der Waals surface area contributed by atoms with Crippen molar-refractivity contribution in [1.29, 1.82) is 0 Å². The third-order valence-corrected chi connectivity index (χ3v) is 3.32. The molecule has 2 heterocycles. The molecule has 2 aliphatic rings. The van der Waals surface area contributed by atoms with Gasteiger partial charge >= 0.3 is 0 Å². The van der Waals surface area contributed by atoms with Crippen LogP contribution in [0.2, 0.25) is 0 Å². The number of nitrogens with zero attached hydrogens (tertiary/aromatic N) is 3. The van der Waals surface area contributed by atoms with E-state index in [1.807, 2.05) is 4.90 Å². The zero-order valence-electron chi connectivity index (χ0n) is 9.07. The molecule has 0 saturated carbocycles. The minimum absolute atomic E-state index is 0.218. The fraction of sp³-hybridized carbons (Fsp3) is 0.900. The van der Waals surface area contributed by atoms with E-state index < -0.39 is 0 Å². The first-order valence-electron chi connectivity index (χ1n) is 5.35. The normalized spacial score (nSPS) is 26.3. The van der Waals surface area contributed by atoms with Crippen LogP contribution in [0.3, 0.4) is 0 Å². The van der Waals surface area contributed by atoms with Crippen LogP contribution < -0.4 is 0 Å². The number of rotatable bonds is 1. The van der Waals surface area contributed by atoms with Crippen LogP contribution in [0.5, 0.6) is 0 Å². The molecule has 0 aromatic carbocycles. The molecule has 2 saturated heterocycles. The van der Waals surface area contributed by atoms with Crippen LogP contribution in [0.1, 0.15) is 6.92 Å². The molecule has 4 nitrogen and oxygen atoms in total. The highest BCUT2D eigenvalue weighted by molar-refractivity contribution is 5.73. The molecular formula is C10H19N3O. The van der Waals surface area contributed by atoms with Gasteiger partial charge in [-0.25, -0.2) is 0 Å². The monoisotopic (exact) mass is 197 g/mol. The summed E-state index contributed by atoms with van der Waals surface area (Å²) in [7, 11) is 2.16. The number of likely N-dealkylation sites (tertiary alicyclic amines) is 1. The summed E-state index contributed by atoms with van der Waals surface area (Å²) in [4.78, 5) is 17.9. The first-order valence-corrected chi connectivity index (χ1v) is 5.35. The highest BCUT2D eigenvalue weighted by atomic mass is 16.2. The van der Waals surface area contributed by atoms with E-state index in [4.69, 9.17) is 0 Å². The largest absolute Gasteiger partial charge is 0.340 e. The summed E-state index contributed by atoms with van der Waals surface area (Å²) in [6.45, 7) is 7.98. The number of hydrogen-bond acceptors (Lipinski definition) is 3. The summed E-state index contributed by atoms with van der Waals surface area (Å²) in [5.74, 6) is 0.218. The first kappa shape index (κ1) is 9.93. The minimum Gasteiger partial charge on any atom is -0.340 e. The molecule has 14 heavy (non-hydrogen) atoms. The van der Waals surface area contributed by atoms with Gasteiger partial charge in [-0.15, -0.1) is 0 Å². The third-order valence-electron chi connectivity index (χ3n) is 3.32. The van der Waals surface area contributed by atoms with Crippen LogP contribution in [0.25, 0.3) is 0 Å². The topological polar surface area (TPSA) is 26.8 Å². The molecule has 0 spiro atoms. The molecule has 0 unspecified atom stereocenters. The van der Waals surface area contributed by atoms with Crippen molar-refractivity contribution >= 4 is 5.91 Å². The van der Waals surface area contributed by atoms with E-state index in [0.717, 1.165) is 32.2 Å². The van der Waals surface area contributed by atoms with E-state index in [1.165, 1.54) is 13.1 Å². The van der Waals surface area contributed by atoms with E-state index in [2.05, 4.69) is 16.8 Å². The van der Waals surface area contributed by atoms with Crippen LogP contribution >= 0.6 is 0 Å². The SMILES string of the molecule is CC(=O)N1CCN(C2CN(C)C2)CC1. The van der Waals surface area contributed by atoms with Gasteiger partial charge in [-0.05, 0) is 7.05 Å². The second kappa shape index (κ2) is 3.87. The first-order chi connectivity index (χ1) is 6.66. The lowest BCUT2D eigenvalue weighted by Gasteiger charge is -2.46.